The van der Waals surface area contributed by atoms with Crippen LogP contribution in [0.3, 0.4) is 0 Å². The first kappa shape index (κ1) is 34.9. The highest BCUT2D eigenvalue weighted by Gasteiger charge is 2.57. The van der Waals surface area contributed by atoms with E-state index in [2.05, 4.69) is 0 Å². The Morgan fingerprint density at radius 3 is 1.33 bits per heavy atom. The number of hydrogen-bond donors (Lipinski definition) is 0. The minimum Gasteiger partial charge on any atom is -0.355 e. The van der Waals surface area contributed by atoms with Crippen molar-refractivity contribution in [3.8, 4) is 0 Å². The Balaban J connectivity index is 1.81. The maximum atomic E-state index is 13.9. The van der Waals surface area contributed by atoms with Gasteiger partial charge in [-0.25, -0.2) is 0 Å². The zero-order chi connectivity index (χ0) is 33.5. The maximum Gasteiger partial charge on any atom is 0.416 e. The highest BCUT2D eigenvalue weighted by molar-refractivity contribution is 8.02. The van der Waals surface area contributed by atoms with E-state index >= 15 is 0 Å². The van der Waals surface area contributed by atoms with Crippen LogP contribution in [0.1, 0.15) is 22.3 Å². The second-order valence-corrected chi connectivity index (χ2v) is 12.0. The van der Waals surface area contributed by atoms with Gasteiger partial charge >= 0.3 is 12.4 Å². The van der Waals surface area contributed by atoms with Gasteiger partial charge in [0.15, 0.2) is 0 Å². The molecular weight excluding hydrogens is 693 g/mol. The van der Waals surface area contributed by atoms with Gasteiger partial charge < -0.3 is 4.74 Å². The van der Waals surface area contributed by atoms with Crippen LogP contribution in [0.2, 0.25) is 0 Å². The third-order valence-corrected chi connectivity index (χ3v) is 10.1. The first-order chi connectivity index (χ1) is 21.0. The summed E-state index contributed by atoms with van der Waals surface area (Å²) in [5, 5.41) is 24.3. The van der Waals surface area contributed by atoms with E-state index in [0.29, 0.717) is 12.1 Å². The molecule has 4 atom stereocenters. The molecule has 0 aliphatic heterocycles. The molecule has 0 radical (unpaired) electrons. The molecule has 17 heteroatoms. The van der Waals surface area contributed by atoms with Crippen LogP contribution < -0.4 is 0 Å². The van der Waals surface area contributed by atoms with Crippen molar-refractivity contribution in [2.24, 2.45) is 0 Å². The molecule has 0 spiro atoms. The van der Waals surface area contributed by atoms with E-state index in [1.165, 1.54) is 24.6 Å². The molecule has 0 aromatic heterocycles. The Morgan fingerprint density at radius 2 is 1.04 bits per heavy atom. The number of nitrogens with zero attached hydrogens (tertiary/aromatic N) is 2. The van der Waals surface area contributed by atoms with Crippen LogP contribution in [0.5, 0.6) is 0 Å². The molecule has 0 fully saturated rings. The molecule has 4 rings (SSSR count). The molecule has 0 bridgehead atoms. The SMILES string of the molecule is CSC1=C(Cl)C(OC2C=CC(c3ccccc3C(F)(F)F)([N+](=O)[O-])C(SC)=C2Cl)C=CC1(c1ccccc1C(F)(F)F)[N+](=O)[O-]. The Bertz CT molecular complexity index is 1540. The number of ether oxygens (including phenoxy) is 1. The van der Waals surface area contributed by atoms with Crippen molar-refractivity contribution in [2.45, 2.75) is 35.6 Å². The maximum absolute atomic E-state index is 13.9. The van der Waals surface area contributed by atoms with Crippen LogP contribution in [-0.2, 0) is 28.2 Å². The van der Waals surface area contributed by atoms with Gasteiger partial charge in [0, 0.05) is 22.0 Å². The van der Waals surface area contributed by atoms with E-state index in [1.807, 2.05) is 0 Å². The Hall–Kier alpha value is -2.98. The third-order valence-electron chi connectivity index (χ3n) is 7.21. The molecule has 4 unspecified atom stereocenters. The van der Waals surface area contributed by atoms with Gasteiger partial charge in [-0.05, 0) is 36.8 Å². The van der Waals surface area contributed by atoms with Crippen LogP contribution in [0.4, 0.5) is 26.3 Å². The van der Waals surface area contributed by atoms with E-state index in [1.54, 1.807) is 0 Å². The van der Waals surface area contributed by atoms with Crippen LogP contribution in [0.15, 0.2) is 92.7 Å². The number of thioether (sulfide) groups is 2. The fraction of sp³-hybridized carbons (Fsp3) is 0.286. The number of rotatable bonds is 8. The summed E-state index contributed by atoms with van der Waals surface area (Å²) in [5.74, 6) is 0. The lowest BCUT2D eigenvalue weighted by Crippen LogP contribution is -2.42. The highest BCUT2D eigenvalue weighted by Crippen LogP contribution is 2.52. The van der Waals surface area contributed by atoms with Crippen molar-refractivity contribution in [3.63, 3.8) is 0 Å². The Kier molecular flexibility index (Phi) is 9.82. The summed E-state index contributed by atoms with van der Waals surface area (Å²) >= 11 is 14.6. The van der Waals surface area contributed by atoms with Gasteiger partial charge in [-0.1, -0.05) is 59.6 Å². The molecule has 0 amide bonds. The van der Waals surface area contributed by atoms with Crippen LogP contribution in [0, 0.1) is 20.2 Å². The van der Waals surface area contributed by atoms with E-state index in [-0.39, 0.29) is 19.9 Å². The van der Waals surface area contributed by atoms with Gasteiger partial charge in [0.05, 0.1) is 42.1 Å². The quantitative estimate of drug-likeness (QED) is 0.117. The smallest absolute Gasteiger partial charge is 0.355 e. The first-order valence-corrected chi connectivity index (χ1v) is 15.7. The van der Waals surface area contributed by atoms with Gasteiger partial charge in [0.2, 0.25) is 0 Å². The van der Waals surface area contributed by atoms with Crippen molar-refractivity contribution in [1.82, 2.24) is 0 Å². The van der Waals surface area contributed by atoms with Crippen molar-refractivity contribution < 1.29 is 40.9 Å². The lowest BCUT2D eigenvalue weighted by Gasteiger charge is -2.35. The number of nitro groups is 2. The molecule has 2 aliphatic carbocycles. The van der Waals surface area contributed by atoms with Crippen LogP contribution >= 0.6 is 46.7 Å². The van der Waals surface area contributed by atoms with Gasteiger partial charge in [-0.2, -0.15) is 26.3 Å². The summed E-state index contributed by atoms with van der Waals surface area (Å²) in [6.07, 6.45) is -5.81. The molecule has 2 aromatic carbocycles. The number of alkyl halides is 6. The zero-order valence-corrected chi connectivity index (χ0v) is 26.0. The van der Waals surface area contributed by atoms with Crippen molar-refractivity contribution >= 4 is 46.7 Å². The molecule has 45 heavy (non-hydrogen) atoms. The predicted molar refractivity (Wildman–Crippen MR) is 160 cm³/mol. The van der Waals surface area contributed by atoms with Crippen LogP contribution in [0.25, 0.3) is 0 Å². The van der Waals surface area contributed by atoms with Crippen molar-refractivity contribution in [1.29, 1.82) is 0 Å². The van der Waals surface area contributed by atoms with Gasteiger partial charge in [-0.15, -0.1) is 23.5 Å². The molecular formula is C28H20Cl2F6N2O5S2. The van der Waals surface area contributed by atoms with E-state index < -0.39 is 67.7 Å². The molecule has 0 heterocycles. The van der Waals surface area contributed by atoms with Crippen LogP contribution in [-0.4, -0.2) is 34.6 Å². The number of benzene rings is 2. The number of halogens is 8. The minimum atomic E-state index is -4.94. The van der Waals surface area contributed by atoms with Crippen molar-refractivity contribution in [2.75, 3.05) is 12.5 Å². The minimum absolute atomic E-state index is 0.290. The predicted octanol–water partition coefficient (Wildman–Crippen LogP) is 8.89. The molecule has 0 saturated carbocycles. The van der Waals surface area contributed by atoms with E-state index in [9.17, 15) is 46.6 Å². The monoisotopic (exact) mass is 712 g/mol. The molecule has 2 aromatic rings. The molecule has 240 valence electrons. The van der Waals surface area contributed by atoms with E-state index in [4.69, 9.17) is 27.9 Å². The lowest BCUT2D eigenvalue weighted by molar-refractivity contribution is -0.550. The van der Waals surface area contributed by atoms with E-state index in [0.717, 1.165) is 72.1 Å². The van der Waals surface area contributed by atoms with Gasteiger partial charge in [0.1, 0.15) is 12.2 Å². The topological polar surface area (TPSA) is 95.5 Å². The largest absolute Gasteiger partial charge is 0.416 e. The molecule has 0 saturated heterocycles. The van der Waals surface area contributed by atoms with Crippen molar-refractivity contribution in [3.05, 3.63) is 135 Å². The molecule has 0 N–H and O–H groups in total. The lowest BCUT2D eigenvalue weighted by atomic mass is 9.82. The fourth-order valence-electron chi connectivity index (χ4n) is 5.30. The highest BCUT2D eigenvalue weighted by atomic mass is 35.5. The second kappa shape index (κ2) is 12.7. The summed E-state index contributed by atoms with van der Waals surface area (Å²) < 4.78 is 89.5. The Morgan fingerprint density at radius 1 is 0.711 bits per heavy atom. The van der Waals surface area contributed by atoms with Gasteiger partial charge in [0.25, 0.3) is 11.1 Å². The third kappa shape index (κ3) is 5.88. The summed E-state index contributed by atoms with van der Waals surface area (Å²) in [7, 11) is 0. The summed E-state index contributed by atoms with van der Waals surface area (Å²) in [6.45, 7) is 0. The van der Waals surface area contributed by atoms with Gasteiger partial charge in [-0.3, -0.25) is 20.2 Å². The summed E-state index contributed by atoms with van der Waals surface area (Å²) in [5.41, 5.74) is -8.95. The zero-order valence-electron chi connectivity index (χ0n) is 22.9. The molecule has 2 aliphatic rings. The number of hydrogen-bond acceptors (Lipinski definition) is 7. The standard InChI is InChI=1S/C28H20Cl2F6N2O5S2/c1-44-23-21(29)19(11-13-25(23,37(39)40)15-7-3-5-9-17(15)27(31,32)33)43-20-12-14-26(38(41)42,24(45-2)22(20)30)16-8-4-6-10-18(16)28(34,35)36/h3-14,19-20H,1-2H3. The first-order valence-electron chi connectivity index (χ1n) is 12.5. The average molecular weight is 714 g/mol. The average Bonchev–Trinajstić information content (AvgIpc) is 2.97. The fourth-order valence-corrected chi connectivity index (χ4v) is 8.05. The Labute approximate surface area is 270 Å². The molecule has 7 nitrogen and oxygen atoms in total. The normalized spacial score (nSPS) is 25.6. The second-order valence-electron chi connectivity index (χ2n) is 9.59. The summed E-state index contributed by atoms with van der Waals surface area (Å²) in [6, 6.07) is 7.99. The summed E-state index contributed by atoms with van der Waals surface area (Å²) in [4.78, 5) is 22.7.